The van der Waals surface area contributed by atoms with Gasteiger partial charge in [-0.05, 0) is 26.0 Å². The van der Waals surface area contributed by atoms with Crippen LogP contribution in [-0.2, 0) is 14.3 Å². The van der Waals surface area contributed by atoms with Gasteiger partial charge in [0.25, 0.3) is 5.69 Å². The number of hydrogen-bond acceptors (Lipinski definition) is 8. The van der Waals surface area contributed by atoms with Crippen LogP contribution >= 0.6 is 11.8 Å². The van der Waals surface area contributed by atoms with Crippen molar-refractivity contribution in [2.75, 3.05) is 12.3 Å². The summed E-state index contributed by atoms with van der Waals surface area (Å²) in [5, 5.41) is 11.5. The molecule has 0 spiro atoms. The predicted molar refractivity (Wildman–Crippen MR) is 103 cm³/mol. The number of nitro groups is 1. The fourth-order valence-corrected chi connectivity index (χ4v) is 4.34. The zero-order valence-corrected chi connectivity index (χ0v) is 16.5. The van der Waals surface area contributed by atoms with Crippen molar-refractivity contribution >= 4 is 29.4 Å². The van der Waals surface area contributed by atoms with Crippen LogP contribution in [0.2, 0.25) is 0 Å². The molecule has 9 heteroatoms. The predicted octanol–water partition coefficient (Wildman–Crippen LogP) is 3.25. The van der Waals surface area contributed by atoms with Crippen LogP contribution in [-0.4, -0.2) is 40.2 Å². The van der Waals surface area contributed by atoms with E-state index in [0.29, 0.717) is 17.9 Å². The van der Waals surface area contributed by atoms with Gasteiger partial charge in [0.05, 0.1) is 21.6 Å². The van der Waals surface area contributed by atoms with Gasteiger partial charge in [-0.2, -0.15) is 0 Å². The second-order valence-corrected chi connectivity index (χ2v) is 7.75. The lowest BCUT2D eigenvalue weighted by atomic mass is 10.1. The molecule has 0 saturated carbocycles. The number of carbonyl (C=O) groups is 2. The molecule has 8 nitrogen and oxygen atoms in total. The van der Waals surface area contributed by atoms with Crippen LogP contribution in [0.4, 0.5) is 5.69 Å². The van der Waals surface area contributed by atoms with Gasteiger partial charge in [0, 0.05) is 42.1 Å². The number of nitrogens with zero attached hydrogens (tertiary/aromatic N) is 2. The van der Waals surface area contributed by atoms with E-state index in [1.807, 2.05) is 25.7 Å². The minimum Gasteiger partial charge on any atom is -0.460 e. The number of nitro benzene ring substituents is 1. The highest BCUT2D eigenvalue weighted by atomic mass is 32.2. The first-order chi connectivity index (χ1) is 13.3. The molecule has 1 fully saturated rings. The number of rotatable bonds is 5. The van der Waals surface area contributed by atoms with E-state index in [4.69, 9.17) is 9.47 Å². The maximum atomic E-state index is 12.4. The second-order valence-electron chi connectivity index (χ2n) is 6.78. The van der Waals surface area contributed by atoms with Gasteiger partial charge in [-0.25, -0.2) is 9.59 Å². The Morgan fingerprint density at radius 3 is 2.61 bits per heavy atom. The van der Waals surface area contributed by atoms with Gasteiger partial charge in [-0.15, -0.1) is 11.8 Å². The summed E-state index contributed by atoms with van der Waals surface area (Å²) in [7, 11) is 0. The van der Waals surface area contributed by atoms with Crippen molar-refractivity contribution in [3.8, 4) is 5.75 Å². The lowest BCUT2D eigenvalue weighted by Gasteiger charge is -2.15. The summed E-state index contributed by atoms with van der Waals surface area (Å²) in [6, 6.07) is 5.30. The van der Waals surface area contributed by atoms with Gasteiger partial charge in [-0.1, -0.05) is 6.92 Å². The average Bonchev–Trinajstić information content (AvgIpc) is 3.13. The van der Waals surface area contributed by atoms with E-state index in [1.54, 1.807) is 0 Å². The number of ether oxygens (including phenoxy) is 2. The van der Waals surface area contributed by atoms with Crippen molar-refractivity contribution in [1.29, 1.82) is 0 Å². The normalized spacial score (nSPS) is 19.9. The van der Waals surface area contributed by atoms with Crippen molar-refractivity contribution in [3.05, 3.63) is 56.8 Å². The van der Waals surface area contributed by atoms with E-state index in [9.17, 15) is 19.7 Å². The van der Waals surface area contributed by atoms with Gasteiger partial charge in [0.2, 0.25) is 0 Å². The van der Waals surface area contributed by atoms with E-state index in [1.165, 1.54) is 42.1 Å². The summed E-state index contributed by atoms with van der Waals surface area (Å²) in [6.07, 6.45) is 1.20. The summed E-state index contributed by atoms with van der Waals surface area (Å²) in [6.45, 7) is 6.17. The number of carbonyl (C=O) groups excluding carboxylic acids is 2. The average molecular weight is 404 g/mol. The monoisotopic (exact) mass is 404 g/mol. The van der Waals surface area contributed by atoms with Crippen LogP contribution < -0.4 is 4.74 Å². The second kappa shape index (κ2) is 8.05. The first-order valence-electron chi connectivity index (χ1n) is 8.78. The van der Waals surface area contributed by atoms with Gasteiger partial charge in [0.15, 0.2) is 0 Å². The Hall–Kier alpha value is -2.81. The van der Waals surface area contributed by atoms with Crippen LogP contribution in [0, 0.1) is 16.0 Å². The molecule has 1 unspecified atom stereocenters. The van der Waals surface area contributed by atoms with Gasteiger partial charge in [-0.3, -0.25) is 10.1 Å². The molecule has 1 aromatic carbocycles. The maximum absolute atomic E-state index is 12.4. The number of hydrogen-bond donors (Lipinski definition) is 0. The Labute approximate surface area is 166 Å². The number of fused-ring (bicyclic) bond motifs is 1. The fourth-order valence-electron chi connectivity index (χ4n) is 3.03. The molecule has 28 heavy (non-hydrogen) atoms. The summed E-state index contributed by atoms with van der Waals surface area (Å²) in [5.41, 5.74) is 1.32. The molecule has 1 saturated heterocycles. The quantitative estimate of drug-likeness (QED) is 0.242. The lowest BCUT2D eigenvalue weighted by molar-refractivity contribution is -0.384. The highest BCUT2D eigenvalue weighted by Gasteiger charge is 2.39. The number of esters is 2. The molecule has 148 valence electrons. The van der Waals surface area contributed by atoms with E-state index in [0.717, 1.165) is 10.7 Å². The third-order valence-electron chi connectivity index (χ3n) is 4.24. The van der Waals surface area contributed by atoms with Crippen molar-refractivity contribution in [3.63, 3.8) is 0 Å². The Kier molecular flexibility index (Phi) is 5.73. The van der Waals surface area contributed by atoms with Crippen molar-refractivity contribution < 1.29 is 24.0 Å². The topological polar surface area (TPSA) is 99.0 Å². The van der Waals surface area contributed by atoms with Crippen LogP contribution in [0.1, 0.15) is 20.8 Å². The van der Waals surface area contributed by atoms with Gasteiger partial charge >= 0.3 is 11.9 Å². The van der Waals surface area contributed by atoms with Crippen LogP contribution in [0.25, 0.3) is 0 Å². The molecule has 0 aliphatic carbocycles. The standard InChI is InChI=1S/C19H20N2O6S/c1-11(2)26-19(23)17-12(3)9-20-14(10-28-18(17)20)8-16(22)27-15-6-4-13(5-7-15)21(24)25/h4-8,11-12H,9-10H2,1-3H3. The van der Waals surface area contributed by atoms with Crippen molar-refractivity contribution in [2.24, 2.45) is 5.92 Å². The Bertz CT molecular complexity index is 875. The molecular weight excluding hydrogens is 384 g/mol. The number of non-ortho nitro benzene ring substituents is 1. The molecule has 0 aromatic heterocycles. The number of benzene rings is 1. The fraction of sp³-hybridized carbons (Fsp3) is 0.368. The largest absolute Gasteiger partial charge is 0.460 e. The zero-order valence-electron chi connectivity index (χ0n) is 15.7. The van der Waals surface area contributed by atoms with Crippen molar-refractivity contribution in [1.82, 2.24) is 4.90 Å². The molecule has 3 rings (SSSR count). The molecule has 2 heterocycles. The molecule has 2 aliphatic rings. The first kappa shape index (κ1) is 19.9. The summed E-state index contributed by atoms with van der Waals surface area (Å²) in [4.78, 5) is 36.7. The molecule has 1 aromatic rings. The SMILES string of the molecule is CC(C)OC(=O)C1=C2SCC(=CC(=O)Oc3ccc([N+](=O)[O-])cc3)N2CC1C. The molecule has 0 bridgehead atoms. The van der Waals surface area contributed by atoms with E-state index in [2.05, 4.69) is 0 Å². The van der Waals surface area contributed by atoms with E-state index < -0.39 is 10.9 Å². The Morgan fingerprint density at radius 1 is 1.32 bits per heavy atom. The summed E-state index contributed by atoms with van der Waals surface area (Å²) in [5.74, 6) is -0.109. The minimum absolute atomic E-state index is 0.00291. The molecule has 2 aliphatic heterocycles. The first-order valence-corrected chi connectivity index (χ1v) is 9.77. The lowest BCUT2D eigenvalue weighted by Crippen LogP contribution is -2.19. The Balaban J connectivity index is 1.72. The molecular formula is C19H20N2O6S. The maximum Gasteiger partial charge on any atom is 0.337 e. The highest BCUT2D eigenvalue weighted by molar-refractivity contribution is 8.03. The van der Waals surface area contributed by atoms with Crippen LogP contribution in [0.3, 0.4) is 0 Å². The van der Waals surface area contributed by atoms with Gasteiger partial charge in [0.1, 0.15) is 5.75 Å². The molecule has 0 radical (unpaired) electrons. The highest BCUT2D eigenvalue weighted by Crippen LogP contribution is 2.45. The van der Waals surface area contributed by atoms with E-state index in [-0.39, 0.29) is 29.4 Å². The molecule has 1 atom stereocenters. The zero-order chi connectivity index (χ0) is 20.4. The third-order valence-corrected chi connectivity index (χ3v) is 5.40. The van der Waals surface area contributed by atoms with Gasteiger partial charge < -0.3 is 14.4 Å². The molecule has 0 N–H and O–H groups in total. The van der Waals surface area contributed by atoms with Crippen LogP contribution in [0.5, 0.6) is 5.75 Å². The summed E-state index contributed by atoms with van der Waals surface area (Å²) < 4.78 is 10.6. The van der Waals surface area contributed by atoms with Crippen LogP contribution in [0.15, 0.2) is 46.6 Å². The molecule has 0 amide bonds. The Morgan fingerprint density at radius 2 is 2.00 bits per heavy atom. The van der Waals surface area contributed by atoms with E-state index >= 15 is 0 Å². The minimum atomic E-state index is -0.573. The van der Waals surface area contributed by atoms with Crippen molar-refractivity contribution in [2.45, 2.75) is 26.9 Å². The summed E-state index contributed by atoms with van der Waals surface area (Å²) >= 11 is 1.50. The number of thioether (sulfide) groups is 1. The third kappa shape index (κ3) is 4.19. The smallest absolute Gasteiger partial charge is 0.337 e.